The fraction of sp³-hybridized carbons (Fsp3) is 0.635. The molecule has 1 unspecified atom stereocenters. The van der Waals surface area contributed by atoms with E-state index in [1.54, 1.807) is 0 Å². The van der Waals surface area contributed by atoms with E-state index in [1.807, 2.05) is 42.5 Å². The van der Waals surface area contributed by atoms with Gasteiger partial charge >= 0.3 is 17.9 Å². The Hall–Kier alpha value is -3.67. The van der Waals surface area contributed by atoms with E-state index >= 15 is 0 Å². The van der Waals surface area contributed by atoms with Crippen LogP contribution >= 0.6 is 0 Å². The second-order valence-electron chi connectivity index (χ2n) is 15.0. The van der Waals surface area contributed by atoms with Gasteiger partial charge in [0.2, 0.25) is 0 Å². The minimum absolute atomic E-state index is 0.110. The summed E-state index contributed by atoms with van der Waals surface area (Å²) >= 11 is 0. The molecule has 0 rings (SSSR count). The van der Waals surface area contributed by atoms with Crippen molar-refractivity contribution in [3.63, 3.8) is 0 Å². The lowest BCUT2D eigenvalue weighted by Crippen LogP contribution is -2.30. The number of carbonyl (C=O) groups excluding carboxylic acids is 3. The molecule has 0 aliphatic rings. The van der Waals surface area contributed by atoms with Crippen LogP contribution in [0.3, 0.4) is 0 Å². The Kier molecular flexibility index (Phi) is 43.1. The predicted octanol–water partition coefficient (Wildman–Crippen LogP) is 15.0. The number of hydrogen-bond acceptors (Lipinski definition) is 6. The summed E-state index contributed by atoms with van der Waals surface area (Å²) in [5, 5.41) is 0. The van der Waals surface area contributed by atoms with Crippen LogP contribution in [0, 0.1) is 0 Å². The first kappa shape index (κ1) is 54.3. The quantitative estimate of drug-likeness (QED) is 0.0202. The molecule has 0 heterocycles. The summed E-state index contributed by atoms with van der Waals surface area (Å²) in [4.78, 5) is 37.8. The van der Waals surface area contributed by atoms with Gasteiger partial charge in [0, 0.05) is 19.3 Å². The van der Waals surface area contributed by atoms with Crippen molar-refractivity contribution in [2.24, 2.45) is 0 Å². The maximum Gasteiger partial charge on any atom is 0.306 e. The standard InChI is InChI=1S/C52H84O6/c1-4-7-10-13-16-19-22-25-28-30-33-36-39-42-45-51(54)57-48-49(58-52(55)46-43-40-37-34-31-27-24-21-18-15-12-9-6-3)47-56-50(53)44-41-38-35-32-29-26-23-20-17-14-11-8-5-2/h8-9,11-12,14-15,17-18,20-21,23-24,27-28,30-31,49H,4-7,10,13,16,19,22,25-26,29,32-48H2,1-3H3/b11-8-,12-9-,17-14-,18-15-,23-20-,24-21-,30-28-,31-27-. The number of carbonyl (C=O) groups is 3. The first-order chi connectivity index (χ1) is 28.5. The highest BCUT2D eigenvalue weighted by molar-refractivity contribution is 5.71. The summed E-state index contributed by atoms with van der Waals surface area (Å²) in [6.45, 7) is 6.27. The second kappa shape index (κ2) is 46.0. The van der Waals surface area contributed by atoms with Crippen LogP contribution in [-0.2, 0) is 28.6 Å². The van der Waals surface area contributed by atoms with Crippen LogP contribution in [0.2, 0.25) is 0 Å². The lowest BCUT2D eigenvalue weighted by atomic mass is 10.1. The van der Waals surface area contributed by atoms with E-state index in [0.717, 1.165) is 103 Å². The molecule has 6 nitrogen and oxygen atoms in total. The summed E-state index contributed by atoms with van der Waals surface area (Å²) in [7, 11) is 0. The highest BCUT2D eigenvalue weighted by atomic mass is 16.6. The number of esters is 3. The van der Waals surface area contributed by atoms with Crippen molar-refractivity contribution in [1.29, 1.82) is 0 Å². The first-order valence-corrected chi connectivity index (χ1v) is 23.3. The van der Waals surface area contributed by atoms with Crippen LogP contribution in [0.5, 0.6) is 0 Å². The molecule has 0 bridgehead atoms. The first-order valence-electron chi connectivity index (χ1n) is 23.3. The molecule has 58 heavy (non-hydrogen) atoms. The zero-order valence-electron chi connectivity index (χ0n) is 37.3. The Morgan fingerprint density at radius 2 is 0.690 bits per heavy atom. The maximum absolute atomic E-state index is 12.7. The normalized spacial score (nSPS) is 12.9. The molecular formula is C52H84O6. The number of ether oxygens (including phenoxy) is 3. The van der Waals surface area contributed by atoms with E-state index in [0.29, 0.717) is 19.3 Å². The maximum atomic E-state index is 12.7. The molecule has 0 aliphatic carbocycles. The summed E-state index contributed by atoms with van der Waals surface area (Å²) < 4.78 is 16.7. The molecule has 0 N–H and O–H groups in total. The second-order valence-corrected chi connectivity index (χ2v) is 15.0. The molecule has 0 saturated heterocycles. The van der Waals surface area contributed by atoms with Gasteiger partial charge in [-0.25, -0.2) is 0 Å². The smallest absolute Gasteiger partial charge is 0.306 e. The highest BCUT2D eigenvalue weighted by Crippen LogP contribution is 2.12. The van der Waals surface area contributed by atoms with Gasteiger partial charge in [-0.05, 0) is 83.5 Å². The van der Waals surface area contributed by atoms with E-state index in [9.17, 15) is 14.4 Å². The molecule has 0 amide bonds. The summed E-state index contributed by atoms with van der Waals surface area (Å²) in [6.07, 6.45) is 59.6. The molecule has 0 fully saturated rings. The monoisotopic (exact) mass is 805 g/mol. The minimum atomic E-state index is -0.811. The van der Waals surface area contributed by atoms with E-state index < -0.39 is 6.10 Å². The van der Waals surface area contributed by atoms with Crippen LogP contribution < -0.4 is 0 Å². The molecule has 6 heteroatoms. The third-order valence-corrected chi connectivity index (χ3v) is 9.46. The van der Waals surface area contributed by atoms with Crippen molar-refractivity contribution in [2.45, 2.75) is 200 Å². The highest BCUT2D eigenvalue weighted by Gasteiger charge is 2.19. The number of hydrogen-bond donors (Lipinski definition) is 0. The summed E-state index contributed by atoms with van der Waals surface area (Å²) in [5.74, 6) is -0.994. The number of allylic oxidation sites excluding steroid dienone is 16. The SMILES string of the molecule is CC\C=C/C=C\C=C/C=C\CCCCCC(=O)OC(COC(=O)CCCCC/C=C\CCCCCCCCC)COC(=O)CCCCCCC\C=C/C=C\C=C/CC. The van der Waals surface area contributed by atoms with Gasteiger partial charge in [0.1, 0.15) is 13.2 Å². The van der Waals surface area contributed by atoms with Gasteiger partial charge in [-0.1, -0.05) is 189 Å². The summed E-state index contributed by atoms with van der Waals surface area (Å²) in [6, 6.07) is 0. The van der Waals surface area contributed by atoms with Crippen LogP contribution in [0.25, 0.3) is 0 Å². The third-order valence-electron chi connectivity index (χ3n) is 9.46. The van der Waals surface area contributed by atoms with Crippen LogP contribution in [0.1, 0.15) is 194 Å². The fourth-order valence-electron chi connectivity index (χ4n) is 5.97. The van der Waals surface area contributed by atoms with Crippen molar-refractivity contribution >= 4 is 17.9 Å². The van der Waals surface area contributed by atoms with Gasteiger partial charge in [-0.15, -0.1) is 0 Å². The Morgan fingerprint density at radius 1 is 0.362 bits per heavy atom. The Labute approximate surface area is 356 Å². The van der Waals surface area contributed by atoms with Crippen LogP contribution in [-0.4, -0.2) is 37.2 Å². The van der Waals surface area contributed by atoms with E-state index in [2.05, 4.69) is 75.5 Å². The lowest BCUT2D eigenvalue weighted by Gasteiger charge is -2.18. The minimum Gasteiger partial charge on any atom is -0.462 e. The van der Waals surface area contributed by atoms with Crippen molar-refractivity contribution in [1.82, 2.24) is 0 Å². The van der Waals surface area contributed by atoms with Gasteiger partial charge in [0.25, 0.3) is 0 Å². The average molecular weight is 805 g/mol. The summed E-state index contributed by atoms with van der Waals surface area (Å²) in [5.41, 5.74) is 0. The van der Waals surface area contributed by atoms with E-state index in [1.165, 1.54) is 44.9 Å². The average Bonchev–Trinajstić information content (AvgIpc) is 3.22. The van der Waals surface area contributed by atoms with Gasteiger partial charge < -0.3 is 14.2 Å². The van der Waals surface area contributed by atoms with E-state index in [4.69, 9.17) is 14.2 Å². The van der Waals surface area contributed by atoms with Crippen molar-refractivity contribution < 1.29 is 28.6 Å². The predicted molar refractivity (Wildman–Crippen MR) is 247 cm³/mol. The lowest BCUT2D eigenvalue weighted by molar-refractivity contribution is -0.167. The molecular weight excluding hydrogens is 721 g/mol. The Balaban J connectivity index is 4.52. The van der Waals surface area contributed by atoms with Crippen LogP contribution in [0.15, 0.2) is 97.2 Å². The van der Waals surface area contributed by atoms with Crippen LogP contribution in [0.4, 0.5) is 0 Å². The van der Waals surface area contributed by atoms with Crippen molar-refractivity contribution in [3.05, 3.63) is 97.2 Å². The van der Waals surface area contributed by atoms with Crippen molar-refractivity contribution in [2.75, 3.05) is 13.2 Å². The van der Waals surface area contributed by atoms with Crippen molar-refractivity contribution in [3.8, 4) is 0 Å². The largest absolute Gasteiger partial charge is 0.462 e. The molecule has 0 aromatic heterocycles. The van der Waals surface area contributed by atoms with Gasteiger partial charge in [0.15, 0.2) is 6.10 Å². The van der Waals surface area contributed by atoms with E-state index in [-0.39, 0.29) is 37.5 Å². The molecule has 0 aromatic carbocycles. The van der Waals surface area contributed by atoms with Gasteiger partial charge in [-0.2, -0.15) is 0 Å². The fourth-order valence-corrected chi connectivity index (χ4v) is 5.97. The Bertz CT molecular complexity index is 1200. The molecule has 0 spiro atoms. The number of rotatable bonds is 40. The molecule has 0 radical (unpaired) electrons. The molecule has 0 aliphatic heterocycles. The topological polar surface area (TPSA) is 78.9 Å². The third kappa shape index (κ3) is 43.5. The Morgan fingerprint density at radius 3 is 1.12 bits per heavy atom. The zero-order valence-corrected chi connectivity index (χ0v) is 37.3. The van der Waals surface area contributed by atoms with Gasteiger partial charge in [0.05, 0.1) is 0 Å². The molecule has 0 saturated carbocycles. The zero-order chi connectivity index (χ0) is 42.3. The molecule has 328 valence electrons. The van der Waals surface area contributed by atoms with Gasteiger partial charge in [-0.3, -0.25) is 14.4 Å². The molecule has 1 atom stereocenters. The number of unbranched alkanes of at least 4 members (excludes halogenated alkanes) is 18. The molecule has 0 aromatic rings.